The lowest BCUT2D eigenvalue weighted by atomic mass is 9.93. The maximum absolute atomic E-state index is 14.3. The Bertz CT molecular complexity index is 1520. The molecule has 0 saturated carbocycles. The van der Waals surface area contributed by atoms with E-state index in [2.05, 4.69) is 97.0 Å². The van der Waals surface area contributed by atoms with Crippen molar-refractivity contribution in [3.8, 4) is 11.5 Å². The third kappa shape index (κ3) is 18.7. The van der Waals surface area contributed by atoms with Crippen molar-refractivity contribution in [3.63, 3.8) is 0 Å². The van der Waals surface area contributed by atoms with E-state index in [0.717, 1.165) is 149 Å². The van der Waals surface area contributed by atoms with Crippen LogP contribution in [-0.2, 0) is 31.0 Å². The van der Waals surface area contributed by atoms with Crippen LogP contribution < -0.4 is 5.32 Å². The predicted octanol–water partition coefficient (Wildman–Crippen LogP) is 5.52. The molecule has 3 N–H and O–H groups in total. The minimum absolute atomic E-state index is 0. The number of rotatable bonds is 10. The molecule has 5 aliphatic rings. The number of hydrogen-bond acceptors (Lipinski definition) is 12. The largest absolute Gasteiger partial charge is 0.507 e. The van der Waals surface area contributed by atoms with E-state index in [-0.39, 0.29) is 117 Å². The summed E-state index contributed by atoms with van der Waals surface area (Å²) in [6.45, 7) is 19.7. The fourth-order valence-electron chi connectivity index (χ4n) is 8.54. The van der Waals surface area contributed by atoms with E-state index in [1.54, 1.807) is 0 Å². The van der Waals surface area contributed by atoms with Gasteiger partial charge in [-0.1, -0.05) is 0 Å². The average Bonchev–Trinajstić information content (AvgIpc) is 3.17. The molecule has 7 rings (SSSR count). The first-order valence-electron chi connectivity index (χ1n) is 20.6. The van der Waals surface area contributed by atoms with Gasteiger partial charge < -0.3 is 35.1 Å². The van der Waals surface area contributed by atoms with E-state index < -0.39 is 0 Å². The first-order chi connectivity index (χ1) is 26.6. The molecule has 5 saturated heterocycles. The van der Waals surface area contributed by atoms with E-state index in [0.29, 0.717) is 50.8 Å². The van der Waals surface area contributed by atoms with Crippen LogP contribution in [-0.4, -0.2) is 201 Å². The highest BCUT2D eigenvalue weighted by Crippen LogP contribution is 2.32. The highest BCUT2D eigenvalue weighted by molar-refractivity contribution is 6.14. The van der Waals surface area contributed by atoms with E-state index in [1.807, 2.05) is 12.2 Å². The molecule has 372 valence electrons. The fraction of sp³-hybridized carbons (Fsp3) is 0.605. The Hall–Kier alpha value is -0.560. The van der Waals surface area contributed by atoms with Gasteiger partial charge in [0, 0.05) is 177 Å². The second kappa shape index (κ2) is 32.3. The number of carbonyl (C=O) groups is 1. The molecule has 12 nitrogen and oxygen atoms in total. The molecule has 0 bridgehead atoms. The van der Waals surface area contributed by atoms with E-state index in [1.165, 1.54) is 0 Å². The van der Waals surface area contributed by atoms with Crippen LogP contribution in [0.4, 0.5) is 0 Å². The Morgan fingerprint density at radius 2 is 0.641 bits per heavy atom. The van der Waals surface area contributed by atoms with Crippen molar-refractivity contribution in [1.29, 1.82) is 0 Å². The van der Waals surface area contributed by atoms with Crippen LogP contribution in [0.5, 0.6) is 11.5 Å². The summed E-state index contributed by atoms with van der Waals surface area (Å²) < 4.78 is 0. The summed E-state index contributed by atoms with van der Waals surface area (Å²) in [5.41, 5.74) is 7.11. The first-order valence-corrected chi connectivity index (χ1v) is 20.6. The van der Waals surface area contributed by atoms with Crippen LogP contribution in [0.15, 0.2) is 35.4 Å². The van der Waals surface area contributed by atoms with Crippen molar-refractivity contribution in [1.82, 2.24) is 44.5 Å². The number of Topliss-reactive ketones (excluding diaryl/α,β-unsaturated/α-hetero) is 1. The van der Waals surface area contributed by atoms with Gasteiger partial charge in [0.2, 0.25) is 0 Å². The monoisotopic (exact) mass is 1080 g/mol. The smallest absolute Gasteiger partial charge is 0.187 e. The standard InChI is InChI=1S/C43H65N9O3.9ClH/c1-45-5-13-49(14-6-45)29-37-23-33(24-38(42(37)54)30-50-15-7-46(2)8-16-50)21-35-27-44-28-36(41(35)53)22-34-25-39(31-51-17-9-47(3)10-18-51)43(55)40(26-34)32-52-19-11-48(4)12-20-52;;;;;;;;;/h21-26,44,54-55H,5-20,27-32H2,1-4H3;9*1H. The number of carbonyl (C=O) groups excluding carboxylic acids is 1. The van der Waals surface area contributed by atoms with Crippen molar-refractivity contribution < 1.29 is 15.0 Å². The van der Waals surface area contributed by atoms with Crippen molar-refractivity contribution in [2.24, 2.45) is 0 Å². The molecule has 5 fully saturated rings. The number of likely N-dealkylation sites (N-methyl/N-ethyl adjacent to an activating group) is 4. The fourth-order valence-corrected chi connectivity index (χ4v) is 8.54. The Balaban J connectivity index is -0.00000413. The number of hydrogen-bond donors (Lipinski definition) is 3. The third-order valence-electron chi connectivity index (χ3n) is 12.4. The molecule has 0 atom stereocenters. The molecular formula is C43H74Cl9N9O3. The normalized spacial score (nSPS) is 21.0. The van der Waals surface area contributed by atoms with Gasteiger partial charge in [0.1, 0.15) is 11.5 Å². The van der Waals surface area contributed by atoms with Crippen molar-refractivity contribution >= 4 is 130 Å². The lowest BCUT2D eigenvalue weighted by molar-refractivity contribution is -0.112. The van der Waals surface area contributed by atoms with Crippen LogP contribution in [0.2, 0.25) is 0 Å². The van der Waals surface area contributed by atoms with Crippen LogP contribution in [0.25, 0.3) is 12.2 Å². The van der Waals surface area contributed by atoms with Gasteiger partial charge in [0.05, 0.1) is 0 Å². The second-order valence-corrected chi connectivity index (χ2v) is 17.0. The van der Waals surface area contributed by atoms with Gasteiger partial charge in [-0.2, -0.15) is 0 Å². The van der Waals surface area contributed by atoms with E-state index in [9.17, 15) is 15.0 Å². The number of piperidine rings is 1. The molecule has 5 aliphatic heterocycles. The van der Waals surface area contributed by atoms with Gasteiger partial charge in [-0.15, -0.1) is 112 Å². The summed E-state index contributed by atoms with van der Waals surface area (Å²) in [4.78, 5) is 33.4. The van der Waals surface area contributed by atoms with Gasteiger partial charge >= 0.3 is 0 Å². The van der Waals surface area contributed by atoms with Gasteiger partial charge in [-0.3, -0.25) is 24.4 Å². The maximum Gasteiger partial charge on any atom is 0.187 e. The Morgan fingerprint density at radius 1 is 0.422 bits per heavy atom. The third-order valence-corrected chi connectivity index (χ3v) is 12.4. The number of piperazine rings is 4. The number of nitrogens with one attached hydrogen (secondary N) is 1. The van der Waals surface area contributed by atoms with Crippen LogP contribution in [0.3, 0.4) is 0 Å². The Morgan fingerprint density at radius 3 is 0.859 bits per heavy atom. The molecule has 0 amide bonds. The molecule has 2 aromatic carbocycles. The summed E-state index contributed by atoms with van der Waals surface area (Å²) in [6, 6.07) is 8.37. The highest BCUT2D eigenvalue weighted by atomic mass is 35.5. The summed E-state index contributed by atoms with van der Waals surface area (Å²) >= 11 is 0. The number of phenolic OH excluding ortho intramolecular Hbond substituents is 2. The molecular weight excluding hydrogens is 1010 g/mol. The summed E-state index contributed by atoms with van der Waals surface area (Å²) in [5, 5.41) is 26.8. The minimum atomic E-state index is 0. The van der Waals surface area contributed by atoms with Gasteiger partial charge in [-0.25, -0.2) is 0 Å². The van der Waals surface area contributed by atoms with Gasteiger partial charge in [0.25, 0.3) is 0 Å². The van der Waals surface area contributed by atoms with E-state index >= 15 is 0 Å². The summed E-state index contributed by atoms with van der Waals surface area (Å²) in [6.07, 6.45) is 4.08. The van der Waals surface area contributed by atoms with Crippen molar-refractivity contribution in [2.75, 3.05) is 146 Å². The lowest BCUT2D eigenvalue weighted by Crippen LogP contribution is -2.44. The molecule has 0 unspecified atom stereocenters. The number of phenols is 2. The maximum atomic E-state index is 14.3. The SMILES string of the molecule is CN1CCN(Cc2cc(C=C3CNCC(=Cc4cc(CN5CCN(C)CC5)c(O)c(CN5CCN(C)CC5)c4)C3=O)cc(CN3CCN(C)CC3)c2O)CC1.Cl.Cl.Cl.Cl.Cl.Cl.Cl.Cl.Cl. The molecule has 0 spiro atoms. The zero-order valence-electron chi connectivity index (χ0n) is 37.6. The average molecular weight is 1080 g/mol. The zero-order valence-corrected chi connectivity index (χ0v) is 44.9. The molecule has 0 radical (unpaired) electrons. The van der Waals surface area contributed by atoms with Crippen molar-refractivity contribution in [3.05, 3.63) is 68.8 Å². The number of halogens is 9. The zero-order chi connectivity index (χ0) is 38.5. The number of benzene rings is 2. The molecule has 2 aromatic rings. The molecule has 21 heteroatoms. The highest BCUT2D eigenvalue weighted by Gasteiger charge is 2.25. The lowest BCUT2D eigenvalue weighted by Gasteiger charge is -2.34. The van der Waals surface area contributed by atoms with Crippen LogP contribution >= 0.6 is 112 Å². The molecule has 5 heterocycles. The summed E-state index contributed by atoms with van der Waals surface area (Å²) in [7, 11) is 8.65. The van der Waals surface area contributed by atoms with Crippen molar-refractivity contribution in [2.45, 2.75) is 26.2 Å². The topological polar surface area (TPSA) is 95.5 Å². The predicted molar refractivity (Wildman–Crippen MR) is 286 cm³/mol. The van der Waals surface area contributed by atoms with Gasteiger partial charge in [-0.05, 0) is 75.7 Å². The van der Waals surface area contributed by atoms with E-state index in [4.69, 9.17) is 0 Å². The molecule has 0 aliphatic carbocycles. The van der Waals surface area contributed by atoms with Crippen LogP contribution in [0.1, 0.15) is 33.4 Å². The molecule has 64 heavy (non-hydrogen) atoms. The number of aromatic hydroxyl groups is 2. The molecule has 0 aromatic heterocycles. The Labute approximate surface area is 438 Å². The number of ketones is 1. The first kappa shape index (κ1) is 67.7. The number of nitrogens with zero attached hydrogens (tertiary/aromatic N) is 8. The Kier molecular flexibility index (Phi) is 34.2. The quantitative estimate of drug-likeness (QED) is 0.262. The van der Waals surface area contributed by atoms with Crippen LogP contribution in [0, 0.1) is 0 Å². The second-order valence-electron chi connectivity index (χ2n) is 17.0. The minimum Gasteiger partial charge on any atom is -0.507 e. The van der Waals surface area contributed by atoms with Gasteiger partial charge in [0.15, 0.2) is 5.78 Å². The summed E-state index contributed by atoms with van der Waals surface area (Å²) in [5.74, 6) is 0.837.